The molecule has 0 spiro atoms. The molecule has 2 aliphatic rings. The summed E-state index contributed by atoms with van der Waals surface area (Å²) < 4.78 is 64.9. The van der Waals surface area contributed by atoms with Crippen LogP contribution in [0.4, 0.5) is 23.4 Å². The van der Waals surface area contributed by atoms with Gasteiger partial charge in [-0.05, 0) is 37.6 Å². The Bertz CT molecular complexity index is 1430. The van der Waals surface area contributed by atoms with Gasteiger partial charge in [0, 0.05) is 53.9 Å². The van der Waals surface area contributed by atoms with Crippen LogP contribution in [0.2, 0.25) is 5.02 Å². The zero-order chi connectivity index (χ0) is 26.6. The molecule has 198 valence electrons. The van der Waals surface area contributed by atoms with Crippen molar-refractivity contribution in [3.05, 3.63) is 51.2 Å². The molecule has 1 aromatic heterocycles. The highest BCUT2D eigenvalue weighted by atomic mass is 35.5. The molecule has 5 rings (SSSR count). The van der Waals surface area contributed by atoms with E-state index in [-0.39, 0.29) is 50.9 Å². The molecule has 3 atom stereocenters. The molecule has 6 nitrogen and oxygen atoms in total. The number of benzene rings is 2. The third kappa shape index (κ3) is 4.71. The highest BCUT2D eigenvalue weighted by Crippen LogP contribution is 2.48. The number of hydrogen-bond acceptors (Lipinski definition) is 6. The van der Waals surface area contributed by atoms with E-state index >= 15 is 0 Å². The normalized spacial score (nSPS) is 22.4. The second-order valence-electron chi connectivity index (χ2n) is 9.46. The Balaban J connectivity index is 1.91. The van der Waals surface area contributed by atoms with Gasteiger partial charge in [-0.1, -0.05) is 17.7 Å². The number of methoxy groups -OCH3 is 1. The van der Waals surface area contributed by atoms with Gasteiger partial charge < -0.3 is 15.0 Å². The van der Waals surface area contributed by atoms with Crippen LogP contribution in [-0.2, 0) is 17.5 Å². The number of alkyl halides is 3. The van der Waals surface area contributed by atoms with Gasteiger partial charge in [0.05, 0.1) is 28.8 Å². The average molecular weight is 557 g/mol. The predicted molar refractivity (Wildman–Crippen MR) is 137 cm³/mol. The minimum absolute atomic E-state index is 0.0561. The SMILES string of the molecule is CO[C@@H]1CSc2c(-c3ccc(F)c(Cl)c3)c(C(F)(F)F)cc3c(N4C[C@@H](C)NC[C@@H]4C)nc(=O)n(c23)C1. The van der Waals surface area contributed by atoms with Crippen LogP contribution in [0.25, 0.3) is 22.0 Å². The minimum Gasteiger partial charge on any atom is -0.379 e. The third-order valence-electron chi connectivity index (χ3n) is 6.88. The van der Waals surface area contributed by atoms with Gasteiger partial charge in [0.15, 0.2) is 0 Å². The van der Waals surface area contributed by atoms with Gasteiger partial charge in [-0.15, -0.1) is 11.8 Å². The Kier molecular flexibility index (Phi) is 6.93. The van der Waals surface area contributed by atoms with Gasteiger partial charge in [-0.3, -0.25) is 4.57 Å². The first-order valence-electron chi connectivity index (χ1n) is 11.8. The molecule has 0 aliphatic carbocycles. The van der Waals surface area contributed by atoms with Crippen LogP contribution >= 0.6 is 23.4 Å². The first-order chi connectivity index (χ1) is 17.5. The number of nitrogens with one attached hydrogen (secondary N) is 1. The van der Waals surface area contributed by atoms with Gasteiger partial charge in [0.25, 0.3) is 0 Å². The Hall–Kier alpha value is -2.34. The lowest BCUT2D eigenvalue weighted by Gasteiger charge is -2.39. The van der Waals surface area contributed by atoms with Crippen LogP contribution in [0.15, 0.2) is 34.0 Å². The molecule has 12 heteroatoms. The standard InChI is InChI=1S/C25H25ClF4N4O2S/c1-12-9-33(13(2)8-31-12)23-16-7-17(25(28,29)30)20(14-4-5-19(27)18(26)6-14)22-21(16)34(24(35)32-23)10-15(36-3)11-37-22/h4-7,12-13,15,31H,8-11H2,1-3H3/t12-,13+,15+/m1/s1. The van der Waals surface area contributed by atoms with Crippen LogP contribution in [0.1, 0.15) is 19.4 Å². The van der Waals surface area contributed by atoms with E-state index in [1.54, 1.807) is 0 Å². The summed E-state index contributed by atoms with van der Waals surface area (Å²) >= 11 is 7.17. The second kappa shape index (κ2) is 9.76. The molecule has 0 bridgehead atoms. The highest BCUT2D eigenvalue weighted by molar-refractivity contribution is 7.99. The molecule has 37 heavy (non-hydrogen) atoms. The summed E-state index contributed by atoms with van der Waals surface area (Å²) in [5.74, 6) is -0.196. The van der Waals surface area contributed by atoms with Crippen molar-refractivity contribution in [3.63, 3.8) is 0 Å². The van der Waals surface area contributed by atoms with Crippen molar-refractivity contribution in [1.29, 1.82) is 0 Å². The second-order valence-corrected chi connectivity index (χ2v) is 10.9. The van der Waals surface area contributed by atoms with Crippen molar-refractivity contribution in [3.8, 4) is 11.1 Å². The number of ether oxygens (including phenoxy) is 1. The van der Waals surface area contributed by atoms with Crippen LogP contribution < -0.4 is 15.9 Å². The molecule has 2 aliphatic heterocycles. The maximum atomic E-state index is 14.7. The lowest BCUT2D eigenvalue weighted by Crippen LogP contribution is -2.55. The number of hydrogen-bond donors (Lipinski definition) is 1. The Labute approximate surface area is 219 Å². The first kappa shape index (κ1) is 26.3. The largest absolute Gasteiger partial charge is 0.417 e. The fourth-order valence-electron chi connectivity index (χ4n) is 4.98. The van der Waals surface area contributed by atoms with Crippen molar-refractivity contribution in [2.75, 3.05) is 30.9 Å². The minimum atomic E-state index is -4.74. The summed E-state index contributed by atoms with van der Waals surface area (Å²) in [6.45, 7) is 5.12. The Morgan fingerprint density at radius 1 is 1.22 bits per heavy atom. The Morgan fingerprint density at radius 2 is 1.97 bits per heavy atom. The molecule has 0 saturated carbocycles. The number of rotatable bonds is 3. The van der Waals surface area contributed by atoms with Gasteiger partial charge >= 0.3 is 11.9 Å². The van der Waals surface area contributed by atoms with Gasteiger partial charge in [0.1, 0.15) is 11.6 Å². The molecule has 1 fully saturated rings. The van der Waals surface area contributed by atoms with Crippen LogP contribution in [0.3, 0.4) is 0 Å². The zero-order valence-corrected chi connectivity index (χ0v) is 21.9. The molecular formula is C25H25ClF4N4O2S. The molecule has 1 N–H and O–H groups in total. The van der Waals surface area contributed by atoms with Crippen molar-refractivity contribution in [2.45, 2.75) is 49.7 Å². The molecule has 0 unspecified atom stereocenters. The lowest BCUT2D eigenvalue weighted by atomic mass is 9.96. The van der Waals surface area contributed by atoms with Gasteiger partial charge in [-0.2, -0.15) is 18.2 Å². The number of nitrogens with zero attached hydrogens (tertiary/aromatic N) is 3. The lowest BCUT2D eigenvalue weighted by molar-refractivity contribution is -0.137. The van der Waals surface area contributed by atoms with Crippen LogP contribution in [-0.4, -0.2) is 53.7 Å². The molecule has 0 radical (unpaired) electrons. The fourth-order valence-corrected chi connectivity index (χ4v) is 6.48. The molecule has 3 aromatic rings. The van der Waals surface area contributed by atoms with E-state index in [9.17, 15) is 22.4 Å². The number of anilines is 1. The fraction of sp³-hybridized carbons (Fsp3) is 0.440. The number of piperazine rings is 1. The average Bonchev–Trinajstić information content (AvgIpc) is 3.04. The van der Waals surface area contributed by atoms with Gasteiger partial charge in [0.2, 0.25) is 0 Å². The van der Waals surface area contributed by atoms with Crippen LogP contribution in [0.5, 0.6) is 0 Å². The van der Waals surface area contributed by atoms with Gasteiger partial charge in [-0.25, -0.2) is 9.18 Å². The first-order valence-corrected chi connectivity index (χ1v) is 13.2. The molecule has 0 amide bonds. The summed E-state index contributed by atoms with van der Waals surface area (Å²) in [4.78, 5) is 19.9. The van der Waals surface area contributed by atoms with E-state index < -0.39 is 29.4 Å². The van der Waals surface area contributed by atoms with Crippen molar-refractivity contribution >= 4 is 40.1 Å². The van der Waals surface area contributed by atoms with Crippen molar-refractivity contribution in [1.82, 2.24) is 14.9 Å². The maximum absolute atomic E-state index is 14.7. The molecular weight excluding hydrogens is 532 g/mol. The quantitative estimate of drug-likeness (QED) is 0.449. The molecule has 3 heterocycles. The predicted octanol–water partition coefficient (Wildman–Crippen LogP) is 5.18. The number of thioether (sulfide) groups is 1. The summed E-state index contributed by atoms with van der Waals surface area (Å²) in [5.41, 5.74) is -1.13. The summed E-state index contributed by atoms with van der Waals surface area (Å²) in [6, 6.07) is 4.53. The zero-order valence-electron chi connectivity index (χ0n) is 20.3. The molecule has 1 saturated heterocycles. The smallest absolute Gasteiger partial charge is 0.379 e. The Morgan fingerprint density at radius 3 is 2.65 bits per heavy atom. The topological polar surface area (TPSA) is 59.4 Å². The van der Waals surface area contributed by atoms with E-state index in [4.69, 9.17) is 16.3 Å². The third-order valence-corrected chi connectivity index (χ3v) is 8.40. The van der Waals surface area contributed by atoms with E-state index in [0.29, 0.717) is 24.4 Å². The summed E-state index contributed by atoms with van der Waals surface area (Å²) in [7, 11) is 1.50. The van der Waals surface area contributed by atoms with Crippen molar-refractivity contribution in [2.24, 2.45) is 0 Å². The van der Waals surface area contributed by atoms with E-state index in [0.717, 1.165) is 12.1 Å². The molecule has 2 aromatic carbocycles. The monoisotopic (exact) mass is 556 g/mol. The number of aromatic nitrogens is 2. The summed E-state index contributed by atoms with van der Waals surface area (Å²) in [6.07, 6.45) is -5.17. The number of halogens is 5. The van der Waals surface area contributed by atoms with Crippen LogP contribution in [0, 0.1) is 5.82 Å². The highest BCUT2D eigenvalue weighted by Gasteiger charge is 2.39. The summed E-state index contributed by atoms with van der Waals surface area (Å²) in [5, 5.41) is 3.29. The van der Waals surface area contributed by atoms with E-state index in [1.165, 1.54) is 35.6 Å². The van der Waals surface area contributed by atoms with Crippen molar-refractivity contribution < 1.29 is 22.3 Å². The van der Waals surface area contributed by atoms with E-state index in [1.807, 2.05) is 18.7 Å². The maximum Gasteiger partial charge on any atom is 0.417 e. The van der Waals surface area contributed by atoms with E-state index in [2.05, 4.69) is 10.3 Å².